The number of benzene rings is 1. The molecule has 1 atom stereocenters. The largest absolute Gasteiger partial charge is 0.497 e. The molecule has 1 aliphatic rings. The average molecular weight is 306 g/mol. The maximum atomic E-state index is 11.9. The molecule has 5 heteroatoms. The van der Waals surface area contributed by atoms with Crippen LogP contribution < -0.4 is 15.4 Å². The Balaban J connectivity index is 1.77. The number of carbonyl (C=O) groups is 1. The highest BCUT2D eigenvalue weighted by Gasteiger charge is 2.15. The van der Waals surface area contributed by atoms with Gasteiger partial charge < -0.3 is 20.5 Å². The second kappa shape index (κ2) is 8.63. The second-order valence-corrected chi connectivity index (χ2v) is 5.84. The molecule has 0 bridgehead atoms. The fourth-order valence-electron chi connectivity index (χ4n) is 2.82. The number of hydrogen-bond donors (Lipinski definition) is 3. The topological polar surface area (TPSA) is 70.6 Å². The van der Waals surface area contributed by atoms with Crippen molar-refractivity contribution in [2.75, 3.05) is 13.7 Å². The minimum absolute atomic E-state index is 0.186. The van der Waals surface area contributed by atoms with Crippen molar-refractivity contribution in [2.24, 2.45) is 0 Å². The minimum atomic E-state index is -0.741. The number of aliphatic hydroxyl groups is 1. The first kappa shape index (κ1) is 16.6. The van der Waals surface area contributed by atoms with Gasteiger partial charge in [-0.3, -0.25) is 0 Å². The van der Waals surface area contributed by atoms with Crippen molar-refractivity contribution in [1.29, 1.82) is 0 Å². The van der Waals surface area contributed by atoms with Crippen molar-refractivity contribution in [2.45, 2.75) is 50.7 Å². The zero-order valence-corrected chi connectivity index (χ0v) is 13.2. The Morgan fingerprint density at radius 2 is 2.05 bits per heavy atom. The number of amides is 2. The van der Waals surface area contributed by atoms with Crippen LogP contribution in [0.2, 0.25) is 0 Å². The number of methoxy groups -OCH3 is 1. The standard InChI is InChI=1S/C17H26N2O3/c1-22-15-10-6-7-13(11-15)16(20)12-18-17(21)19-14-8-4-2-3-5-9-14/h6-7,10-11,14,16,20H,2-5,8-9,12H2,1H3,(H2,18,19,21). The molecule has 0 saturated heterocycles. The Morgan fingerprint density at radius 3 is 2.73 bits per heavy atom. The van der Waals surface area contributed by atoms with E-state index in [0.29, 0.717) is 5.75 Å². The summed E-state index contributed by atoms with van der Waals surface area (Å²) in [7, 11) is 1.59. The van der Waals surface area contributed by atoms with Crippen LogP contribution >= 0.6 is 0 Å². The fourth-order valence-corrected chi connectivity index (χ4v) is 2.82. The van der Waals surface area contributed by atoms with E-state index < -0.39 is 6.10 Å². The number of rotatable bonds is 5. The van der Waals surface area contributed by atoms with Crippen molar-refractivity contribution in [1.82, 2.24) is 10.6 Å². The molecule has 0 spiro atoms. The van der Waals surface area contributed by atoms with Crippen molar-refractivity contribution in [3.8, 4) is 5.75 Å². The number of ether oxygens (including phenoxy) is 1. The molecular weight excluding hydrogens is 280 g/mol. The Kier molecular flexibility index (Phi) is 6.52. The average Bonchev–Trinajstić information content (AvgIpc) is 2.81. The lowest BCUT2D eigenvalue weighted by Gasteiger charge is -2.18. The van der Waals surface area contributed by atoms with E-state index in [1.807, 2.05) is 18.2 Å². The van der Waals surface area contributed by atoms with E-state index >= 15 is 0 Å². The van der Waals surface area contributed by atoms with Crippen LogP contribution in [0.5, 0.6) is 5.75 Å². The molecule has 0 radical (unpaired) electrons. The summed E-state index contributed by atoms with van der Waals surface area (Å²) < 4.78 is 5.13. The van der Waals surface area contributed by atoms with Gasteiger partial charge in [0.1, 0.15) is 5.75 Å². The maximum Gasteiger partial charge on any atom is 0.315 e. The van der Waals surface area contributed by atoms with Crippen LogP contribution in [0.15, 0.2) is 24.3 Å². The van der Waals surface area contributed by atoms with Crippen LogP contribution in [0, 0.1) is 0 Å². The highest BCUT2D eigenvalue weighted by atomic mass is 16.5. The summed E-state index contributed by atoms with van der Waals surface area (Å²) in [6.07, 6.45) is 6.23. The van der Waals surface area contributed by atoms with Crippen LogP contribution in [0.25, 0.3) is 0 Å². The van der Waals surface area contributed by atoms with Gasteiger partial charge in [0.05, 0.1) is 13.2 Å². The molecule has 22 heavy (non-hydrogen) atoms. The van der Waals surface area contributed by atoms with E-state index in [2.05, 4.69) is 10.6 Å². The Hall–Kier alpha value is -1.75. The maximum absolute atomic E-state index is 11.9. The van der Waals surface area contributed by atoms with Crippen molar-refractivity contribution in [3.05, 3.63) is 29.8 Å². The van der Waals surface area contributed by atoms with Crippen LogP contribution in [0.1, 0.15) is 50.2 Å². The zero-order valence-electron chi connectivity index (χ0n) is 13.2. The summed E-state index contributed by atoms with van der Waals surface area (Å²) in [5.41, 5.74) is 0.731. The predicted octanol–water partition coefficient (Wildman–Crippen LogP) is 2.75. The molecule has 1 saturated carbocycles. The first-order chi connectivity index (χ1) is 10.7. The highest BCUT2D eigenvalue weighted by molar-refractivity contribution is 5.74. The van der Waals surface area contributed by atoms with E-state index in [-0.39, 0.29) is 18.6 Å². The van der Waals surface area contributed by atoms with E-state index in [1.165, 1.54) is 25.7 Å². The third kappa shape index (κ3) is 5.22. The predicted molar refractivity (Wildman–Crippen MR) is 86.0 cm³/mol. The van der Waals surface area contributed by atoms with Gasteiger partial charge in [-0.25, -0.2) is 4.79 Å². The first-order valence-electron chi connectivity index (χ1n) is 8.05. The van der Waals surface area contributed by atoms with E-state index in [9.17, 15) is 9.90 Å². The van der Waals surface area contributed by atoms with Gasteiger partial charge in [0, 0.05) is 12.6 Å². The fraction of sp³-hybridized carbons (Fsp3) is 0.588. The molecule has 1 aromatic carbocycles. The molecule has 2 amide bonds. The quantitative estimate of drug-likeness (QED) is 0.733. The van der Waals surface area contributed by atoms with Crippen LogP contribution in [-0.2, 0) is 0 Å². The van der Waals surface area contributed by atoms with Gasteiger partial charge in [-0.15, -0.1) is 0 Å². The Labute approximate surface area is 132 Å². The van der Waals surface area contributed by atoms with Crippen LogP contribution in [0.4, 0.5) is 4.79 Å². The number of nitrogens with one attached hydrogen (secondary N) is 2. The molecule has 1 unspecified atom stereocenters. The van der Waals surface area contributed by atoms with Crippen molar-refractivity contribution < 1.29 is 14.6 Å². The summed E-state index contributed by atoms with van der Waals surface area (Å²) in [5.74, 6) is 0.694. The third-order valence-corrected chi connectivity index (χ3v) is 4.12. The summed E-state index contributed by atoms with van der Waals surface area (Å²) in [4.78, 5) is 11.9. The van der Waals surface area contributed by atoms with Crippen LogP contribution in [-0.4, -0.2) is 30.8 Å². The minimum Gasteiger partial charge on any atom is -0.497 e. The molecule has 0 aliphatic heterocycles. The van der Waals surface area contributed by atoms with Gasteiger partial charge in [0.15, 0.2) is 0 Å². The van der Waals surface area contributed by atoms with Gasteiger partial charge in [-0.2, -0.15) is 0 Å². The summed E-state index contributed by atoms with van der Waals surface area (Å²) in [5, 5.41) is 15.9. The Morgan fingerprint density at radius 1 is 1.32 bits per heavy atom. The van der Waals surface area contributed by atoms with Gasteiger partial charge >= 0.3 is 6.03 Å². The van der Waals surface area contributed by atoms with Gasteiger partial charge in [0.25, 0.3) is 0 Å². The monoisotopic (exact) mass is 306 g/mol. The molecule has 1 aliphatic carbocycles. The van der Waals surface area contributed by atoms with Gasteiger partial charge in [-0.05, 0) is 30.5 Å². The lowest BCUT2D eigenvalue weighted by Crippen LogP contribution is -2.43. The summed E-state index contributed by atoms with van der Waals surface area (Å²) >= 11 is 0. The summed E-state index contributed by atoms with van der Waals surface area (Å²) in [6, 6.07) is 7.30. The van der Waals surface area contributed by atoms with Crippen LogP contribution in [0.3, 0.4) is 0 Å². The van der Waals surface area contributed by atoms with Gasteiger partial charge in [-0.1, -0.05) is 37.8 Å². The molecule has 1 fully saturated rings. The molecule has 1 aromatic rings. The number of urea groups is 1. The molecule has 3 N–H and O–H groups in total. The van der Waals surface area contributed by atoms with Crippen molar-refractivity contribution >= 4 is 6.03 Å². The molecular formula is C17H26N2O3. The highest BCUT2D eigenvalue weighted by Crippen LogP contribution is 2.19. The molecule has 5 nitrogen and oxygen atoms in total. The van der Waals surface area contributed by atoms with E-state index in [4.69, 9.17) is 4.74 Å². The second-order valence-electron chi connectivity index (χ2n) is 5.84. The number of hydrogen-bond acceptors (Lipinski definition) is 3. The SMILES string of the molecule is COc1cccc(C(O)CNC(=O)NC2CCCCCC2)c1. The third-order valence-electron chi connectivity index (χ3n) is 4.12. The molecule has 0 aromatic heterocycles. The lowest BCUT2D eigenvalue weighted by molar-refractivity contribution is 0.172. The van der Waals surface area contributed by atoms with Crippen molar-refractivity contribution in [3.63, 3.8) is 0 Å². The first-order valence-corrected chi connectivity index (χ1v) is 8.05. The zero-order chi connectivity index (χ0) is 15.8. The van der Waals surface area contributed by atoms with E-state index in [1.54, 1.807) is 13.2 Å². The smallest absolute Gasteiger partial charge is 0.315 e. The molecule has 122 valence electrons. The molecule has 2 rings (SSSR count). The molecule has 0 heterocycles. The Bertz CT molecular complexity index is 471. The van der Waals surface area contributed by atoms with E-state index in [0.717, 1.165) is 18.4 Å². The van der Waals surface area contributed by atoms with Gasteiger partial charge in [0.2, 0.25) is 0 Å². The number of aliphatic hydroxyl groups excluding tert-OH is 1. The lowest BCUT2D eigenvalue weighted by atomic mass is 10.1. The summed E-state index contributed by atoms with van der Waals surface area (Å²) in [6.45, 7) is 0.186. The number of carbonyl (C=O) groups excluding carboxylic acids is 1. The normalized spacial score (nSPS) is 17.4.